The molecule has 16 heteroatoms. The number of ether oxygens (including phenoxy) is 1. The van der Waals surface area contributed by atoms with Gasteiger partial charge in [-0.05, 0) is 0 Å². The van der Waals surface area contributed by atoms with Gasteiger partial charge in [0.15, 0.2) is 5.60 Å². The van der Waals surface area contributed by atoms with Crippen molar-refractivity contribution in [2.45, 2.75) is 30.1 Å². The molecule has 0 radical (unpaired) electrons. The number of rotatable bonds is 9. The Labute approximate surface area is 136 Å². The molecule has 3 amide bonds. The summed E-state index contributed by atoms with van der Waals surface area (Å²) in [6.07, 6.45) is -6.54. The van der Waals surface area contributed by atoms with Gasteiger partial charge in [0.05, 0.1) is 6.42 Å². The zero-order valence-electron chi connectivity index (χ0n) is 12.1. The van der Waals surface area contributed by atoms with E-state index >= 15 is 0 Å². The lowest BCUT2D eigenvalue weighted by molar-refractivity contribution is -0.531. The molecule has 0 aliphatic heterocycles. The van der Waals surface area contributed by atoms with Crippen molar-refractivity contribution in [2.75, 3.05) is 0 Å². The van der Waals surface area contributed by atoms with Crippen LogP contribution in [0, 0.1) is 5.41 Å². The van der Waals surface area contributed by atoms with Crippen LogP contribution in [0.5, 0.6) is 0 Å². The second kappa shape index (κ2) is 6.38. The Kier molecular flexibility index (Phi) is 5.88. The molecule has 15 N–H and O–H groups in total. The van der Waals surface area contributed by atoms with Crippen molar-refractivity contribution in [1.29, 1.82) is 0 Å². The second-order valence-corrected chi connectivity index (χ2v) is 4.90. The third-order valence-corrected chi connectivity index (χ3v) is 3.11. The predicted molar refractivity (Wildman–Crippen MR) is 66.6 cm³/mol. The maximum absolute atomic E-state index is 11.8. The minimum atomic E-state index is -4.95. The van der Waals surface area contributed by atoms with Crippen LogP contribution in [0.2, 0.25) is 0 Å². The number of carbonyl (C=O) groups is 3. The molecule has 0 saturated heterocycles. The first kappa shape index (κ1) is 23.0. The summed E-state index contributed by atoms with van der Waals surface area (Å²) in [7, 11) is 0. The van der Waals surface area contributed by atoms with Gasteiger partial charge in [-0.2, -0.15) is 0 Å². The van der Waals surface area contributed by atoms with E-state index in [1.54, 1.807) is 0 Å². The molecule has 0 fully saturated rings. The van der Waals surface area contributed by atoms with E-state index in [2.05, 4.69) is 10.5 Å². The minimum Gasteiger partial charge on any atom is -0.370 e. The number of aliphatic hydroxyl groups is 9. The first-order valence-corrected chi connectivity index (χ1v) is 5.86. The highest BCUT2D eigenvalue weighted by Gasteiger charge is 2.82. The summed E-state index contributed by atoms with van der Waals surface area (Å²) in [6, 6.07) is 0. The molecule has 0 aliphatic carbocycles. The van der Waals surface area contributed by atoms with Crippen LogP contribution in [0.4, 0.5) is 0 Å². The first-order valence-electron chi connectivity index (χ1n) is 5.86. The molecule has 0 aromatic carbocycles. The van der Waals surface area contributed by atoms with Gasteiger partial charge in [-0.3, -0.25) is 19.1 Å². The topological polar surface area (TPSA) is 321 Å². The number of hydrogen-bond donors (Lipinski definition) is 12. The number of carbonyl (C=O) groups excluding carboxylic acids is 3. The molecular formula is C9H17N3O13. The van der Waals surface area contributed by atoms with E-state index in [1.165, 1.54) is 0 Å². The first-order chi connectivity index (χ1) is 10.8. The van der Waals surface area contributed by atoms with Crippen molar-refractivity contribution >= 4 is 17.7 Å². The highest BCUT2D eigenvalue weighted by Crippen LogP contribution is 2.50. The van der Waals surface area contributed by atoms with Crippen LogP contribution in [0.3, 0.4) is 0 Å². The third kappa shape index (κ3) is 3.82. The zero-order chi connectivity index (χ0) is 20.6. The average molecular weight is 375 g/mol. The van der Waals surface area contributed by atoms with E-state index < -0.39 is 53.3 Å². The van der Waals surface area contributed by atoms with E-state index in [0.717, 1.165) is 0 Å². The summed E-state index contributed by atoms with van der Waals surface area (Å²) in [5, 5.41) is 82.9. The van der Waals surface area contributed by atoms with Crippen LogP contribution < -0.4 is 17.2 Å². The number of primary amides is 3. The quantitative estimate of drug-likeness (QED) is 0.167. The Morgan fingerprint density at radius 1 is 0.720 bits per heavy atom. The van der Waals surface area contributed by atoms with Gasteiger partial charge in [0.25, 0.3) is 5.91 Å². The normalized spacial score (nSPS) is 16.2. The van der Waals surface area contributed by atoms with Crippen LogP contribution in [0.1, 0.15) is 6.42 Å². The van der Waals surface area contributed by atoms with E-state index in [-0.39, 0.29) is 0 Å². The fraction of sp³-hybridized carbons (Fsp3) is 0.667. The van der Waals surface area contributed by atoms with Crippen molar-refractivity contribution in [3.8, 4) is 0 Å². The molecule has 25 heavy (non-hydrogen) atoms. The van der Waals surface area contributed by atoms with Gasteiger partial charge in [-0.1, -0.05) is 0 Å². The van der Waals surface area contributed by atoms with E-state index in [4.69, 9.17) is 26.8 Å². The standard InChI is InChI=1S/C9H17N3O13/c10-2(13)1-5(3(11)14,25-9(22,23)24)6(4(12)15,7(16,17)18)8(19,20)21/h16-24H,1H2,(H2,10,13)(H2,11,14)(H2,12,15). The molecule has 0 aliphatic rings. The Morgan fingerprint density at radius 3 is 1.24 bits per heavy atom. The van der Waals surface area contributed by atoms with Gasteiger partial charge in [0, 0.05) is 0 Å². The monoisotopic (exact) mass is 375 g/mol. The molecule has 0 rings (SSSR count). The molecule has 146 valence electrons. The lowest BCUT2D eigenvalue weighted by Crippen LogP contribution is -2.82. The van der Waals surface area contributed by atoms with Crippen LogP contribution in [-0.2, 0) is 19.1 Å². The highest BCUT2D eigenvalue weighted by molar-refractivity contribution is 5.98. The van der Waals surface area contributed by atoms with Crippen LogP contribution in [-0.4, -0.2) is 87.4 Å². The molecule has 0 saturated carbocycles. The maximum Gasteiger partial charge on any atom is 0.406 e. The Bertz CT molecular complexity index is 543. The number of hydrogen-bond acceptors (Lipinski definition) is 13. The highest BCUT2D eigenvalue weighted by atomic mass is 16.9. The third-order valence-electron chi connectivity index (χ3n) is 3.11. The van der Waals surface area contributed by atoms with Crippen molar-refractivity contribution in [2.24, 2.45) is 22.6 Å². The molecular weight excluding hydrogens is 358 g/mol. The zero-order valence-corrected chi connectivity index (χ0v) is 12.1. The molecule has 0 heterocycles. The molecule has 1 unspecified atom stereocenters. The van der Waals surface area contributed by atoms with E-state index in [9.17, 15) is 45.0 Å². The van der Waals surface area contributed by atoms with Gasteiger partial charge in [0.1, 0.15) is 0 Å². The SMILES string of the molecule is NC(=O)CC(OC(O)(O)O)(C(N)=O)C(C(N)=O)(C(O)(O)O)C(O)(O)O. The number of nitrogens with two attached hydrogens (primary N) is 3. The fourth-order valence-corrected chi connectivity index (χ4v) is 2.34. The summed E-state index contributed by atoms with van der Waals surface area (Å²) >= 11 is 0. The number of amides is 3. The fourth-order valence-electron chi connectivity index (χ4n) is 2.34. The smallest absolute Gasteiger partial charge is 0.370 e. The van der Waals surface area contributed by atoms with Crippen LogP contribution in [0.25, 0.3) is 0 Å². The average Bonchev–Trinajstić information content (AvgIpc) is 2.19. The lowest BCUT2D eigenvalue weighted by atomic mass is 9.64. The van der Waals surface area contributed by atoms with E-state index in [0.29, 0.717) is 0 Å². The summed E-state index contributed by atoms with van der Waals surface area (Å²) in [4.78, 5) is 34.6. The molecule has 16 nitrogen and oxygen atoms in total. The summed E-state index contributed by atoms with van der Waals surface area (Å²) < 4.78 is 3.81. The van der Waals surface area contributed by atoms with Gasteiger partial charge >= 0.3 is 18.1 Å². The molecule has 0 bridgehead atoms. The summed E-state index contributed by atoms with van der Waals surface area (Å²) in [5.41, 5.74) is 5.14. The molecule has 0 aromatic rings. The second-order valence-electron chi connectivity index (χ2n) is 4.90. The lowest BCUT2D eigenvalue weighted by Gasteiger charge is -2.51. The van der Waals surface area contributed by atoms with Crippen LogP contribution in [0.15, 0.2) is 0 Å². The largest absolute Gasteiger partial charge is 0.406 e. The Balaban J connectivity index is 7.36. The van der Waals surface area contributed by atoms with Gasteiger partial charge in [-0.15, -0.1) is 0 Å². The van der Waals surface area contributed by atoms with E-state index in [1.807, 2.05) is 0 Å². The summed E-state index contributed by atoms with van der Waals surface area (Å²) in [6.45, 7) is 0. The molecule has 0 spiro atoms. The van der Waals surface area contributed by atoms with Gasteiger partial charge in [-0.25, -0.2) is 0 Å². The van der Waals surface area contributed by atoms with Crippen LogP contribution >= 0.6 is 0 Å². The maximum atomic E-state index is 11.8. The molecule has 1 atom stereocenters. The minimum absolute atomic E-state index is 1.80. The Hall–Kier alpha value is -1.99. The Morgan fingerprint density at radius 2 is 1.08 bits per heavy atom. The van der Waals surface area contributed by atoms with Crippen molar-refractivity contribution in [1.82, 2.24) is 0 Å². The van der Waals surface area contributed by atoms with Crippen molar-refractivity contribution < 1.29 is 65.1 Å². The molecule has 0 aromatic heterocycles. The predicted octanol–water partition coefficient (Wildman–Crippen LogP) is -8.58. The van der Waals surface area contributed by atoms with Crippen molar-refractivity contribution in [3.05, 3.63) is 0 Å². The van der Waals surface area contributed by atoms with Crippen molar-refractivity contribution in [3.63, 3.8) is 0 Å². The van der Waals surface area contributed by atoms with Gasteiger partial charge in [0.2, 0.25) is 17.2 Å². The van der Waals surface area contributed by atoms with Gasteiger partial charge < -0.3 is 63.2 Å². The summed E-state index contributed by atoms with van der Waals surface area (Å²) in [5.74, 6) is -16.7.